The van der Waals surface area contributed by atoms with Crippen molar-refractivity contribution in [2.45, 2.75) is 78.1 Å². The fourth-order valence-corrected chi connectivity index (χ4v) is 6.07. The van der Waals surface area contributed by atoms with E-state index in [4.69, 9.17) is 0 Å². The van der Waals surface area contributed by atoms with E-state index < -0.39 is 0 Å². The maximum absolute atomic E-state index is 2.52. The molecule has 0 nitrogen and oxygen atoms in total. The van der Waals surface area contributed by atoms with E-state index in [-0.39, 0.29) is 16.2 Å². The molecule has 0 radical (unpaired) electrons. The molecule has 0 fully saturated rings. The molecule has 1 atom stereocenters. The van der Waals surface area contributed by atoms with E-state index in [1.54, 1.807) is 0 Å². The Morgan fingerprint density at radius 2 is 1.09 bits per heavy atom. The van der Waals surface area contributed by atoms with Crippen LogP contribution < -0.4 is 0 Å². The summed E-state index contributed by atoms with van der Waals surface area (Å²) < 4.78 is 0. The van der Waals surface area contributed by atoms with Gasteiger partial charge in [0.1, 0.15) is 0 Å². The zero-order chi connectivity index (χ0) is 23.8. The highest BCUT2D eigenvalue weighted by Gasteiger charge is 2.45. The average molecular weight is 435 g/mol. The standard InChI is InChI=1S/C33H38/c1-31(2,3)22-14-16-25-26-17-15-23(32(4,5)6)20-28(26)30(27(25)19-22)33(7,8)29-18-13-21-11-9-10-12-24(21)29/h9-20,29-30H,1-8H3. The first-order valence-electron chi connectivity index (χ1n) is 12.5. The van der Waals surface area contributed by atoms with E-state index in [2.05, 4.69) is 128 Å². The number of hydrogen-bond donors (Lipinski definition) is 0. The monoisotopic (exact) mass is 434 g/mol. The van der Waals surface area contributed by atoms with Crippen LogP contribution in [0.3, 0.4) is 0 Å². The predicted octanol–water partition coefficient (Wildman–Crippen LogP) is 9.23. The lowest BCUT2D eigenvalue weighted by molar-refractivity contribution is 0.286. The first-order valence-corrected chi connectivity index (χ1v) is 12.5. The Hall–Kier alpha value is -2.60. The highest BCUT2D eigenvalue weighted by Crippen LogP contribution is 2.59. The second-order valence-corrected chi connectivity index (χ2v) is 12.8. The fraction of sp³-hybridized carbons (Fsp3) is 0.394. The van der Waals surface area contributed by atoms with Gasteiger partial charge in [0.25, 0.3) is 0 Å². The third-order valence-electron chi connectivity index (χ3n) is 8.09. The van der Waals surface area contributed by atoms with Gasteiger partial charge in [-0.15, -0.1) is 0 Å². The molecule has 1 unspecified atom stereocenters. The maximum Gasteiger partial charge on any atom is 0.0162 e. The van der Waals surface area contributed by atoms with E-state index in [0.717, 1.165) is 0 Å². The summed E-state index contributed by atoms with van der Waals surface area (Å²) >= 11 is 0. The lowest BCUT2D eigenvalue weighted by atomic mass is 9.64. The molecule has 33 heavy (non-hydrogen) atoms. The number of rotatable bonds is 2. The van der Waals surface area contributed by atoms with Gasteiger partial charge < -0.3 is 0 Å². The Kier molecular flexibility index (Phi) is 4.84. The minimum atomic E-state index is 0.0378. The van der Waals surface area contributed by atoms with Crippen LogP contribution in [-0.4, -0.2) is 0 Å². The third kappa shape index (κ3) is 3.50. The molecule has 2 aliphatic rings. The highest BCUT2D eigenvalue weighted by atomic mass is 14.5. The van der Waals surface area contributed by atoms with E-state index in [0.29, 0.717) is 11.8 Å². The summed E-state index contributed by atoms with van der Waals surface area (Å²) in [5.74, 6) is 0.752. The van der Waals surface area contributed by atoms with Crippen LogP contribution in [0.15, 0.2) is 66.7 Å². The van der Waals surface area contributed by atoms with Gasteiger partial charge in [-0.25, -0.2) is 0 Å². The van der Waals surface area contributed by atoms with Crippen LogP contribution in [0, 0.1) is 5.41 Å². The lowest BCUT2D eigenvalue weighted by Crippen LogP contribution is -2.28. The van der Waals surface area contributed by atoms with E-state index in [9.17, 15) is 0 Å². The van der Waals surface area contributed by atoms with Crippen LogP contribution in [0.25, 0.3) is 17.2 Å². The third-order valence-corrected chi connectivity index (χ3v) is 8.09. The number of benzene rings is 3. The van der Waals surface area contributed by atoms with Crippen molar-refractivity contribution in [3.63, 3.8) is 0 Å². The Labute approximate surface area is 200 Å². The van der Waals surface area contributed by atoms with Gasteiger partial charge in [-0.05, 0) is 60.8 Å². The van der Waals surface area contributed by atoms with Crippen LogP contribution >= 0.6 is 0 Å². The molecule has 3 aromatic rings. The van der Waals surface area contributed by atoms with Crippen molar-refractivity contribution in [2.75, 3.05) is 0 Å². The number of fused-ring (bicyclic) bond motifs is 4. The average Bonchev–Trinajstić information content (AvgIpc) is 3.31. The Morgan fingerprint density at radius 1 is 0.576 bits per heavy atom. The summed E-state index contributed by atoms with van der Waals surface area (Å²) in [6, 6.07) is 23.4. The smallest absolute Gasteiger partial charge is 0.0162 e. The Bertz CT molecular complexity index is 1190. The zero-order valence-corrected chi connectivity index (χ0v) is 21.6. The molecular weight excluding hydrogens is 396 g/mol. The van der Waals surface area contributed by atoms with Gasteiger partial charge in [0.05, 0.1) is 0 Å². The molecule has 0 aromatic heterocycles. The van der Waals surface area contributed by atoms with Crippen molar-refractivity contribution in [3.8, 4) is 11.1 Å². The Balaban J connectivity index is 1.73. The van der Waals surface area contributed by atoms with E-state index in [1.807, 2.05) is 0 Å². The first kappa shape index (κ1) is 22.2. The molecule has 0 bridgehead atoms. The summed E-state index contributed by atoms with van der Waals surface area (Å²) in [6.07, 6.45) is 4.78. The van der Waals surface area contributed by atoms with Crippen molar-refractivity contribution >= 4 is 6.08 Å². The van der Waals surface area contributed by atoms with Crippen molar-refractivity contribution in [1.82, 2.24) is 0 Å². The zero-order valence-electron chi connectivity index (χ0n) is 21.6. The van der Waals surface area contributed by atoms with Gasteiger partial charge in [-0.3, -0.25) is 0 Å². The van der Waals surface area contributed by atoms with Crippen LogP contribution in [0.1, 0.15) is 101 Å². The molecule has 0 saturated carbocycles. The molecule has 0 heterocycles. The normalized spacial score (nSPS) is 17.8. The van der Waals surface area contributed by atoms with E-state index in [1.165, 1.54) is 44.5 Å². The molecule has 0 N–H and O–H groups in total. The Morgan fingerprint density at radius 3 is 1.61 bits per heavy atom. The topological polar surface area (TPSA) is 0 Å². The van der Waals surface area contributed by atoms with Crippen molar-refractivity contribution in [3.05, 3.63) is 100 Å². The van der Waals surface area contributed by atoms with Gasteiger partial charge in [0.2, 0.25) is 0 Å². The molecule has 0 spiro atoms. The van der Waals surface area contributed by atoms with Gasteiger partial charge in [-0.1, -0.05) is 128 Å². The summed E-state index contributed by atoms with van der Waals surface area (Å²) in [4.78, 5) is 0. The minimum absolute atomic E-state index is 0.0378. The number of allylic oxidation sites excluding steroid dienone is 1. The summed E-state index contributed by atoms with van der Waals surface area (Å²) in [7, 11) is 0. The fourth-order valence-electron chi connectivity index (χ4n) is 6.07. The van der Waals surface area contributed by atoms with Crippen molar-refractivity contribution in [1.29, 1.82) is 0 Å². The summed E-state index contributed by atoms with van der Waals surface area (Å²) in [6.45, 7) is 18.9. The first-order chi connectivity index (χ1) is 15.4. The molecule has 0 aliphatic heterocycles. The van der Waals surface area contributed by atoms with Crippen molar-refractivity contribution in [2.24, 2.45) is 5.41 Å². The van der Waals surface area contributed by atoms with Gasteiger partial charge >= 0.3 is 0 Å². The van der Waals surface area contributed by atoms with Crippen LogP contribution in [0.5, 0.6) is 0 Å². The quantitative estimate of drug-likeness (QED) is 0.377. The van der Waals surface area contributed by atoms with Crippen LogP contribution in [0.4, 0.5) is 0 Å². The van der Waals surface area contributed by atoms with Crippen LogP contribution in [-0.2, 0) is 10.8 Å². The SMILES string of the molecule is CC(C)(C)c1ccc2c(c1)C(C(C)(C)C1C=Cc3ccccc31)c1cc(C(C)(C)C)ccc1-2. The molecule has 5 rings (SSSR count). The maximum atomic E-state index is 2.52. The molecule has 0 heteroatoms. The minimum Gasteiger partial charge on any atom is -0.0758 e. The predicted molar refractivity (Wildman–Crippen MR) is 143 cm³/mol. The van der Waals surface area contributed by atoms with Gasteiger partial charge in [-0.2, -0.15) is 0 Å². The molecule has 3 aromatic carbocycles. The van der Waals surface area contributed by atoms with Gasteiger partial charge in [0.15, 0.2) is 0 Å². The highest BCUT2D eigenvalue weighted by molar-refractivity contribution is 5.81. The molecule has 0 saturated heterocycles. The largest absolute Gasteiger partial charge is 0.0758 e. The number of hydrogen-bond acceptors (Lipinski definition) is 0. The summed E-state index contributed by atoms with van der Waals surface area (Å²) in [5, 5.41) is 0. The van der Waals surface area contributed by atoms with E-state index >= 15 is 0 Å². The molecule has 170 valence electrons. The second kappa shape index (κ2) is 7.20. The van der Waals surface area contributed by atoms with Crippen LogP contribution in [0.2, 0.25) is 0 Å². The second-order valence-electron chi connectivity index (χ2n) is 12.8. The molecular formula is C33H38. The summed E-state index contributed by atoms with van der Waals surface area (Å²) in [5.41, 5.74) is 11.9. The lowest BCUT2D eigenvalue weighted by Gasteiger charge is -2.39. The molecule has 2 aliphatic carbocycles. The molecule has 0 amide bonds. The van der Waals surface area contributed by atoms with Crippen molar-refractivity contribution < 1.29 is 0 Å². The van der Waals surface area contributed by atoms with Gasteiger partial charge in [0, 0.05) is 11.8 Å².